The van der Waals surface area contributed by atoms with E-state index >= 15 is 0 Å². The number of hydrogen-bond donors (Lipinski definition) is 1. The monoisotopic (exact) mass is 170 g/mol. The summed E-state index contributed by atoms with van der Waals surface area (Å²) in [6.45, 7) is 5.53. The highest BCUT2D eigenvalue weighted by Crippen LogP contribution is 2.44. The first-order valence-electron chi connectivity index (χ1n) is 4.20. The number of carboxylic acid groups (broad SMARTS) is 1. The highest BCUT2D eigenvalue weighted by atomic mass is 16.4. The lowest BCUT2D eigenvalue weighted by atomic mass is 9.73. The van der Waals surface area contributed by atoms with Gasteiger partial charge in [-0.15, -0.1) is 0 Å². The standard InChI is InChI=1S/C8H14N2O2/c1-4-8(5-2)7(3,6(11)12)9-10-8/h4-5H2,1-3H3,(H,11,12). The van der Waals surface area contributed by atoms with Gasteiger partial charge in [0.15, 0.2) is 0 Å². The Balaban J connectivity index is 2.98. The molecular formula is C8H14N2O2. The molecule has 1 rings (SSSR count). The fourth-order valence-electron chi connectivity index (χ4n) is 1.66. The van der Waals surface area contributed by atoms with Gasteiger partial charge in [-0.3, -0.25) is 0 Å². The zero-order valence-corrected chi connectivity index (χ0v) is 7.66. The molecule has 1 atom stereocenters. The van der Waals surface area contributed by atoms with Gasteiger partial charge in [0.1, 0.15) is 5.54 Å². The summed E-state index contributed by atoms with van der Waals surface area (Å²) in [5.74, 6) is -0.874. The smallest absolute Gasteiger partial charge is 0.335 e. The predicted molar refractivity (Wildman–Crippen MR) is 44.2 cm³/mol. The van der Waals surface area contributed by atoms with Gasteiger partial charge in [0, 0.05) is 0 Å². The predicted octanol–water partition coefficient (Wildman–Crippen LogP) is 1.85. The molecule has 1 N–H and O–H groups in total. The Labute approximate surface area is 71.7 Å². The van der Waals surface area contributed by atoms with E-state index in [9.17, 15) is 4.79 Å². The van der Waals surface area contributed by atoms with Gasteiger partial charge >= 0.3 is 5.97 Å². The summed E-state index contributed by atoms with van der Waals surface area (Å²) in [4.78, 5) is 10.9. The number of hydrogen-bond acceptors (Lipinski definition) is 3. The molecule has 4 heteroatoms. The topological polar surface area (TPSA) is 62.0 Å². The number of azo groups is 1. The Morgan fingerprint density at radius 3 is 1.92 bits per heavy atom. The summed E-state index contributed by atoms with van der Waals surface area (Å²) in [6.07, 6.45) is 1.46. The second-order valence-electron chi connectivity index (χ2n) is 3.32. The van der Waals surface area contributed by atoms with E-state index in [-0.39, 0.29) is 0 Å². The molecule has 0 bridgehead atoms. The minimum atomic E-state index is -0.990. The number of nitrogens with zero attached hydrogens (tertiary/aromatic N) is 2. The van der Waals surface area contributed by atoms with Crippen molar-refractivity contribution in [3.63, 3.8) is 0 Å². The number of carboxylic acids is 1. The highest BCUT2D eigenvalue weighted by molar-refractivity contribution is 5.81. The number of rotatable bonds is 3. The second-order valence-corrected chi connectivity index (χ2v) is 3.32. The van der Waals surface area contributed by atoms with Crippen LogP contribution in [0.15, 0.2) is 10.2 Å². The average Bonchev–Trinajstić information content (AvgIpc) is 2.04. The van der Waals surface area contributed by atoms with Crippen LogP contribution in [-0.4, -0.2) is 22.2 Å². The van der Waals surface area contributed by atoms with Crippen LogP contribution in [-0.2, 0) is 4.79 Å². The van der Waals surface area contributed by atoms with E-state index in [4.69, 9.17) is 5.11 Å². The Bertz CT molecular complexity index is 233. The molecule has 12 heavy (non-hydrogen) atoms. The Kier molecular flexibility index (Phi) is 1.94. The van der Waals surface area contributed by atoms with E-state index in [0.29, 0.717) is 0 Å². The third-order valence-electron chi connectivity index (χ3n) is 2.93. The minimum Gasteiger partial charge on any atom is -0.479 e. The van der Waals surface area contributed by atoms with Crippen LogP contribution < -0.4 is 0 Å². The number of aliphatic carboxylic acids is 1. The molecule has 0 aromatic carbocycles. The molecule has 0 aromatic rings. The molecular weight excluding hydrogens is 156 g/mol. The molecule has 0 aromatic heterocycles. The maximum Gasteiger partial charge on any atom is 0.335 e. The van der Waals surface area contributed by atoms with Gasteiger partial charge in [-0.1, -0.05) is 13.8 Å². The summed E-state index contributed by atoms with van der Waals surface area (Å²) < 4.78 is 0. The lowest BCUT2D eigenvalue weighted by Crippen LogP contribution is -2.59. The van der Waals surface area contributed by atoms with Crippen molar-refractivity contribution >= 4 is 5.97 Å². The molecule has 0 saturated carbocycles. The first kappa shape index (κ1) is 9.16. The van der Waals surface area contributed by atoms with E-state index < -0.39 is 17.0 Å². The van der Waals surface area contributed by atoms with E-state index in [1.807, 2.05) is 13.8 Å². The molecule has 0 amide bonds. The summed E-state index contributed by atoms with van der Waals surface area (Å²) in [6, 6.07) is 0. The van der Waals surface area contributed by atoms with Gasteiger partial charge in [0.25, 0.3) is 0 Å². The summed E-state index contributed by atoms with van der Waals surface area (Å²) in [5.41, 5.74) is -1.45. The lowest BCUT2D eigenvalue weighted by molar-refractivity contribution is -0.148. The van der Waals surface area contributed by atoms with Crippen LogP contribution in [0.2, 0.25) is 0 Å². The molecule has 1 aliphatic rings. The molecule has 1 aliphatic heterocycles. The van der Waals surface area contributed by atoms with Crippen molar-refractivity contribution in [3.8, 4) is 0 Å². The molecule has 0 fully saturated rings. The van der Waals surface area contributed by atoms with Crippen LogP contribution in [0, 0.1) is 0 Å². The van der Waals surface area contributed by atoms with Crippen LogP contribution in [0.25, 0.3) is 0 Å². The normalized spacial score (nSPS) is 31.2. The lowest BCUT2D eigenvalue weighted by Gasteiger charge is -2.44. The minimum absolute atomic E-state index is 0.459. The molecule has 4 nitrogen and oxygen atoms in total. The SMILES string of the molecule is CCC1(CC)N=NC1(C)C(=O)O. The first-order valence-corrected chi connectivity index (χ1v) is 4.20. The Morgan fingerprint density at radius 2 is 1.83 bits per heavy atom. The van der Waals surface area contributed by atoms with Crippen LogP contribution in [0.4, 0.5) is 0 Å². The highest BCUT2D eigenvalue weighted by Gasteiger charge is 2.58. The zero-order valence-electron chi connectivity index (χ0n) is 7.66. The van der Waals surface area contributed by atoms with Crippen molar-refractivity contribution in [2.45, 2.75) is 44.7 Å². The second kappa shape index (κ2) is 2.54. The maximum atomic E-state index is 10.9. The number of carbonyl (C=O) groups is 1. The van der Waals surface area contributed by atoms with E-state index in [0.717, 1.165) is 12.8 Å². The largest absolute Gasteiger partial charge is 0.479 e. The van der Waals surface area contributed by atoms with E-state index in [1.54, 1.807) is 6.92 Å². The van der Waals surface area contributed by atoms with Gasteiger partial charge in [0.2, 0.25) is 5.54 Å². The molecule has 0 saturated heterocycles. The Morgan fingerprint density at radius 1 is 1.33 bits per heavy atom. The van der Waals surface area contributed by atoms with Crippen molar-refractivity contribution in [1.29, 1.82) is 0 Å². The quantitative estimate of drug-likeness (QED) is 0.702. The van der Waals surface area contributed by atoms with Crippen LogP contribution in [0.5, 0.6) is 0 Å². The van der Waals surface area contributed by atoms with Crippen molar-refractivity contribution in [2.75, 3.05) is 0 Å². The van der Waals surface area contributed by atoms with Gasteiger partial charge in [-0.05, 0) is 19.8 Å². The fraction of sp³-hybridized carbons (Fsp3) is 0.875. The van der Waals surface area contributed by atoms with Crippen LogP contribution >= 0.6 is 0 Å². The van der Waals surface area contributed by atoms with Gasteiger partial charge in [0.05, 0.1) is 0 Å². The van der Waals surface area contributed by atoms with Crippen molar-refractivity contribution in [2.24, 2.45) is 10.2 Å². The maximum absolute atomic E-state index is 10.9. The van der Waals surface area contributed by atoms with Crippen LogP contribution in [0.3, 0.4) is 0 Å². The van der Waals surface area contributed by atoms with Crippen molar-refractivity contribution in [1.82, 2.24) is 0 Å². The summed E-state index contributed by atoms with van der Waals surface area (Å²) >= 11 is 0. The third-order valence-corrected chi connectivity index (χ3v) is 2.93. The summed E-state index contributed by atoms with van der Waals surface area (Å²) in [5, 5.41) is 16.6. The van der Waals surface area contributed by atoms with E-state index in [1.165, 1.54) is 0 Å². The van der Waals surface area contributed by atoms with E-state index in [2.05, 4.69) is 10.2 Å². The summed E-state index contributed by atoms with van der Waals surface area (Å²) in [7, 11) is 0. The molecule has 1 heterocycles. The molecule has 0 aliphatic carbocycles. The van der Waals surface area contributed by atoms with Crippen LogP contribution in [0.1, 0.15) is 33.6 Å². The molecule has 0 radical (unpaired) electrons. The molecule has 1 unspecified atom stereocenters. The van der Waals surface area contributed by atoms with Crippen molar-refractivity contribution in [3.05, 3.63) is 0 Å². The zero-order chi connectivity index (χ0) is 9.41. The Hall–Kier alpha value is -0.930. The van der Waals surface area contributed by atoms with Gasteiger partial charge in [-0.2, -0.15) is 10.2 Å². The van der Waals surface area contributed by atoms with Gasteiger partial charge < -0.3 is 5.11 Å². The third kappa shape index (κ3) is 0.806. The van der Waals surface area contributed by atoms with Gasteiger partial charge in [-0.25, -0.2) is 4.79 Å². The van der Waals surface area contributed by atoms with Crippen molar-refractivity contribution < 1.29 is 9.90 Å². The fourth-order valence-corrected chi connectivity index (χ4v) is 1.66. The molecule has 68 valence electrons. The molecule has 0 spiro atoms. The average molecular weight is 170 g/mol. The first-order chi connectivity index (χ1) is 5.52.